The molecule has 164 valence electrons. The van der Waals surface area contributed by atoms with Crippen LogP contribution in [0.15, 0.2) is 41.8 Å². The molecular formula is C18H20N5O6PS. The number of aliphatic hydroxyl groups excluding tert-OH is 1. The van der Waals surface area contributed by atoms with Gasteiger partial charge in [0.15, 0.2) is 28.4 Å². The van der Waals surface area contributed by atoms with Gasteiger partial charge in [0.1, 0.15) is 24.6 Å². The SMILES string of the molecule is CSc1nc2c(NCc3ccccc3)ncnc2n1[C@@H]1O[C@@H]2COP(=O)(O)O[C@H]2[C@H]1O. The van der Waals surface area contributed by atoms with Crippen LogP contribution in [0.4, 0.5) is 5.82 Å². The third kappa shape index (κ3) is 3.85. The number of ether oxygens (including phenoxy) is 1. The van der Waals surface area contributed by atoms with Crippen molar-refractivity contribution in [2.45, 2.75) is 36.2 Å². The lowest BCUT2D eigenvalue weighted by Crippen LogP contribution is -2.39. The minimum Gasteiger partial charge on any atom is -0.386 e. The van der Waals surface area contributed by atoms with Gasteiger partial charge in [-0.3, -0.25) is 13.6 Å². The van der Waals surface area contributed by atoms with Gasteiger partial charge in [-0.05, 0) is 11.8 Å². The standard InChI is InChI=1S/C18H20N5O6PS/c1-31-18-22-12-15(19-7-10-5-3-2-4-6-10)20-9-21-16(12)23(18)17-13(24)14-11(28-17)8-27-30(25,26)29-14/h2-6,9,11,13-14,17,24H,7-8H2,1H3,(H,25,26)(H,19,20,21)/t11-,13-,14-,17-/m1/s1. The van der Waals surface area contributed by atoms with E-state index in [1.54, 1.807) is 4.57 Å². The number of aromatic nitrogens is 4. The molecule has 0 saturated carbocycles. The molecule has 5 atom stereocenters. The highest BCUT2D eigenvalue weighted by Crippen LogP contribution is 2.53. The lowest BCUT2D eigenvalue weighted by Gasteiger charge is -2.27. The zero-order valence-electron chi connectivity index (χ0n) is 16.4. The number of anilines is 1. The average Bonchev–Trinajstić information content (AvgIpc) is 3.30. The van der Waals surface area contributed by atoms with Crippen LogP contribution in [0.25, 0.3) is 11.2 Å². The minimum atomic E-state index is -4.22. The first-order valence-corrected chi connectivity index (χ1v) is 12.2. The lowest BCUT2D eigenvalue weighted by molar-refractivity contribution is -0.0684. The fourth-order valence-electron chi connectivity index (χ4n) is 3.72. The molecule has 0 spiro atoms. The maximum absolute atomic E-state index is 11.8. The summed E-state index contributed by atoms with van der Waals surface area (Å²) in [5.74, 6) is 0.548. The Hall–Kier alpha value is -2.05. The van der Waals surface area contributed by atoms with Gasteiger partial charge in [0.05, 0.1) is 6.61 Å². The van der Waals surface area contributed by atoms with E-state index in [0.717, 1.165) is 5.56 Å². The largest absolute Gasteiger partial charge is 0.472 e. The molecule has 2 aliphatic rings. The van der Waals surface area contributed by atoms with Gasteiger partial charge < -0.3 is 20.1 Å². The molecule has 2 fully saturated rings. The Morgan fingerprint density at radius 2 is 2.13 bits per heavy atom. The van der Waals surface area contributed by atoms with E-state index in [2.05, 4.69) is 20.3 Å². The molecule has 1 unspecified atom stereocenters. The molecule has 3 N–H and O–H groups in total. The Bertz CT molecular complexity index is 1150. The summed E-state index contributed by atoms with van der Waals surface area (Å²) in [5.41, 5.74) is 2.08. The van der Waals surface area contributed by atoms with Crippen LogP contribution in [0.3, 0.4) is 0 Å². The molecule has 0 amide bonds. The van der Waals surface area contributed by atoms with Gasteiger partial charge in [-0.1, -0.05) is 42.1 Å². The number of nitrogens with zero attached hydrogens (tertiary/aromatic N) is 4. The third-order valence-corrected chi connectivity index (χ3v) is 6.79. The average molecular weight is 465 g/mol. The fourth-order valence-corrected chi connectivity index (χ4v) is 5.26. The van der Waals surface area contributed by atoms with E-state index < -0.39 is 32.4 Å². The Morgan fingerprint density at radius 3 is 2.90 bits per heavy atom. The van der Waals surface area contributed by atoms with Crippen molar-refractivity contribution in [3.63, 3.8) is 0 Å². The van der Waals surface area contributed by atoms with Crippen molar-refractivity contribution in [1.82, 2.24) is 19.5 Å². The summed E-state index contributed by atoms with van der Waals surface area (Å²) in [5, 5.41) is 14.7. The van der Waals surface area contributed by atoms with Crippen molar-refractivity contribution < 1.29 is 28.3 Å². The smallest absolute Gasteiger partial charge is 0.386 e. The molecule has 0 bridgehead atoms. The summed E-state index contributed by atoms with van der Waals surface area (Å²) in [4.78, 5) is 22.9. The van der Waals surface area contributed by atoms with E-state index in [0.29, 0.717) is 28.7 Å². The highest BCUT2D eigenvalue weighted by molar-refractivity contribution is 7.98. The van der Waals surface area contributed by atoms with Gasteiger partial charge in [-0.2, -0.15) is 0 Å². The van der Waals surface area contributed by atoms with Crippen LogP contribution in [-0.2, 0) is 24.9 Å². The maximum Gasteiger partial charge on any atom is 0.472 e. The van der Waals surface area contributed by atoms with Gasteiger partial charge in [-0.15, -0.1) is 0 Å². The minimum absolute atomic E-state index is 0.161. The number of fused-ring (bicyclic) bond motifs is 2. The highest BCUT2D eigenvalue weighted by atomic mass is 32.2. The molecule has 0 aliphatic carbocycles. The summed E-state index contributed by atoms with van der Waals surface area (Å²) in [6.07, 6.45) is -0.570. The van der Waals surface area contributed by atoms with Crippen LogP contribution < -0.4 is 5.32 Å². The van der Waals surface area contributed by atoms with Crippen LogP contribution >= 0.6 is 19.6 Å². The number of rotatable bonds is 5. The van der Waals surface area contributed by atoms with Crippen LogP contribution in [0.1, 0.15) is 11.8 Å². The molecule has 5 rings (SSSR count). The summed E-state index contributed by atoms with van der Waals surface area (Å²) in [7, 11) is -4.22. The Labute approximate surface area is 181 Å². The predicted octanol–water partition coefficient (Wildman–Crippen LogP) is 1.93. The highest BCUT2D eigenvalue weighted by Gasteiger charge is 2.53. The topological polar surface area (TPSA) is 141 Å². The Morgan fingerprint density at radius 1 is 1.32 bits per heavy atom. The fraction of sp³-hybridized carbons (Fsp3) is 0.389. The van der Waals surface area contributed by atoms with Crippen molar-refractivity contribution >= 4 is 36.6 Å². The zero-order valence-corrected chi connectivity index (χ0v) is 18.1. The molecule has 13 heteroatoms. The lowest BCUT2D eigenvalue weighted by atomic mass is 10.1. The van der Waals surface area contributed by atoms with Gasteiger partial charge in [0, 0.05) is 6.54 Å². The van der Waals surface area contributed by atoms with Gasteiger partial charge >= 0.3 is 7.82 Å². The second kappa shape index (κ2) is 8.14. The van der Waals surface area contributed by atoms with Crippen molar-refractivity contribution in [2.75, 3.05) is 18.2 Å². The first-order valence-electron chi connectivity index (χ1n) is 9.51. The van der Waals surface area contributed by atoms with E-state index in [-0.39, 0.29) is 6.61 Å². The monoisotopic (exact) mass is 465 g/mol. The second-order valence-corrected chi connectivity index (χ2v) is 9.27. The Kier molecular flexibility index (Phi) is 5.47. The first-order chi connectivity index (χ1) is 15.0. The van der Waals surface area contributed by atoms with Crippen LogP contribution in [0, 0.1) is 0 Å². The number of phosphoric acid groups is 1. The van der Waals surface area contributed by atoms with Crippen LogP contribution in [0.5, 0.6) is 0 Å². The van der Waals surface area contributed by atoms with E-state index in [1.165, 1.54) is 18.1 Å². The van der Waals surface area contributed by atoms with Gasteiger partial charge in [-0.25, -0.2) is 19.5 Å². The van der Waals surface area contributed by atoms with Crippen molar-refractivity contribution in [3.8, 4) is 0 Å². The first kappa shape index (κ1) is 20.8. The molecule has 1 aromatic carbocycles. The normalized spacial score (nSPS) is 30.4. The van der Waals surface area contributed by atoms with Crippen molar-refractivity contribution in [2.24, 2.45) is 0 Å². The van der Waals surface area contributed by atoms with Crippen molar-refractivity contribution in [1.29, 1.82) is 0 Å². The quantitative estimate of drug-likeness (QED) is 0.376. The van der Waals surface area contributed by atoms with E-state index in [9.17, 15) is 14.6 Å². The third-order valence-electron chi connectivity index (χ3n) is 5.15. The molecular weight excluding hydrogens is 445 g/mol. The second-order valence-electron chi connectivity index (χ2n) is 7.09. The number of hydrogen-bond donors (Lipinski definition) is 3. The van der Waals surface area contributed by atoms with E-state index in [1.807, 2.05) is 36.6 Å². The molecule has 2 saturated heterocycles. The van der Waals surface area contributed by atoms with Gasteiger partial charge in [0.2, 0.25) is 0 Å². The number of benzene rings is 1. The summed E-state index contributed by atoms with van der Waals surface area (Å²) >= 11 is 1.36. The summed E-state index contributed by atoms with van der Waals surface area (Å²) < 4.78 is 29.2. The molecule has 4 heterocycles. The van der Waals surface area contributed by atoms with Crippen molar-refractivity contribution in [3.05, 3.63) is 42.2 Å². The molecule has 2 aromatic heterocycles. The number of thioether (sulfide) groups is 1. The number of phosphoric ester groups is 1. The molecule has 2 aliphatic heterocycles. The molecule has 31 heavy (non-hydrogen) atoms. The van der Waals surface area contributed by atoms with E-state index in [4.69, 9.17) is 13.8 Å². The van der Waals surface area contributed by atoms with Gasteiger partial charge in [0.25, 0.3) is 0 Å². The number of nitrogens with one attached hydrogen (secondary N) is 1. The molecule has 0 radical (unpaired) electrons. The molecule has 11 nitrogen and oxygen atoms in total. The zero-order chi connectivity index (χ0) is 21.6. The Balaban J connectivity index is 1.49. The summed E-state index contributed by atoms with van der Waals surface area (Å²) in [6.45, 7) is 0.393. The number of hydrogen-bond acceptors (Lipinski definition) is 10. The number of imidazole rings is 1. The van der Waals surface area contributed by atoms with Crippen LogP contribution in [-0.4, -0.2) is 60.7 Å². The summed E-state index contributed by atoms with van der Waals surface area (Å²) in [6, 6.07) is 9.88. The van der Waals surface area contributed by atoms with Crippen LogP contribution in [0.2, 0.25) is 0 Å². The predicted molar refractivity (Wildman–Crippen MR) is 111 cm³/mol. The molecule has 3 aromatic rings. The maximum atomic E-state index is 11.8. The number of aliphatic hydroxyl groups is 1. The van der Waals surface area contributed by atoms with E-state index >= 15 is 0 Å².